The number of anilines is 1. The Hall–Kier alpha value is -1.57. The van der Waals surface area contributed by atoms with E-state index >= 15 is 0 Å². The third-order valence-corrected chi connectivity index (χ3v) is 1.97. The fourth-order valence-electron chi connectivity index (χ4n) is 1.28. The summed E-state index contributed by atoms with van der Waals surface area (Å²) in [5.74, 6) is 0. The Morgan fingerprint density at radius 3 is 2.92 bits per heavy atom. The van der Waals surface area contributed by atoms with Gasteiger partial charge in [-0.05, 0) is 23.6 Å². The summed E-state index contributed by atoms with van der Waals surface area (Å²) < 4.78 is 0. The van der Waals surface area contributed by atoms with Crippen LogP contribution < -0.4 is 10.3 Å². The molecule has 0 spiro atoms. The molecule has 60 valence electrons. The van der Waals surface area contributed by atoms with Crippen molar-refractivity contribution in [1.82, 2.24) is 0 Å². The van der Waals surface area contributed by atoms with Crippen molar-refractivity contribution < 1.29 is 4.98 Å². The topological polar surface area (TPSA) is 26.2 Å². The highest BCUT2D eigenvalue weighted by atomic mass is 14.8. The molecule has 0 bridgehead atoms. The number of aromatic amines is 1. The molecule has 2 aromatic rings. The molecule has 2 nitrogen and oxygen atoms in total. The second-order valence-corrected chi connectivity index (χ2v) is 2.74. The largest absolute Gasteiger partial charge is 0.388 e. The highest BCUT2D eigenvalue weighted by molar-refractivity contribution is 5.84. The quantitative estimate of drug-likeness (QED) is 0.673. The van der Waals surface area contributed by atoms with Crippen LogP contribution >= 0.6 is 0 Å². The van der Waals surface area contributed by atoms with E-state index in [1.165, 1.54) is 10.8 Å². The van der Waals surface area contributed by atoms with E-state index in [0.29, 0.717) is 0 Å². The summed E-state index contributed by atoms with van der Waals surface area (Å²) in [6.45, 7) is 0. The molecule has 0 unspecified atom stereocenters. The standard InChI is InChI=1S/C10H10N2/c1-11-10-3-2-9-7-12-5-4-8(9)6-10/h2-7,11H,1H3/p+1. The SMILES string of the molecule is CNc1ccc2c[nH+]ccc2c1. The maximum Gasteiger partial charge on any atom is 0.174 e. The van der Waals surface area contributed by atoms with Crippen molar-refractivity contribution in [2.45, 2.75) is 0 Å². The zero-order valence-corrected chi connectivity index (χ0v) is 6.96. The lowest BCUT2D eigenvalue weighted by Crippen LogP contribution is -1.97. The van der Waals surface area contributed by atoms with Crippen molar-refractivity contribution in [2.24, 2.45) is 0 Å². The van der Waals surface area contributed by atoms with Crippen LogP contribution in [0.5, 0.6) is 0 Å². The summed E-state index contributed by atoms with van der Waals surface area (Å²) in [6, 6.07) is 8.35. The molecule has 1 aromatic heterocycles. The van der Waals surface area contributed by atoms with Gasteiger partial charge in [0, 0.05) is 24.2 Å². The Labute approximate surface area is 71.2 Å². The molecule has 0 aliphatic heterocycles. The minimum atomic E-state index is 1.15. The van der Waals surface area contributed by atoms with Gasteiger partial charge in [-0.1, -0.05) is 0 Å². The summed E-state index contributed by atoms with van der Waals surface area (Å²) in [5.41, 5.74) is 1.15. The Morgan fingerprint density at radius 1 is 1.17 bits per heavy atom. The summed E-state index contributed by atoms with van der Waals surface area (Å²) in [6.07, 6.45) is 3.93. The number of benzene rings is 1. The molecule has 0 radical (unpaired) electrons. The van der Waals surface area contributed by atoms with Crippen LogP contribution in [0, 0.1) is 0 Å². The maximum absolute atomic E-state index is 3.11. The van der Waals surface area contributed by atoms with Crippen LogP contribution in [0.25, 0.3) is 10.8 Å². The van der Waals surface area contributed by atoms with E-state index in [4.69, 9.17) is 0 Å². The number of aromatic nitrogens is 1. The number of hydrogen-bond donors (Lipinski definition) is 1. The van der Waals surface area contributed by atoms with E-state index in [1.807, 2.05) is 19.4 Å². The van der Waals surface area contributed by atoms with Crippen LogP contribution in [0.2, 0.25) is 0 Å². The second-order valence-electron chi connectivity index (χ2n) is 2.74. The molecule has 0 saturated carbocycles. The van der Waals surface area contributed by atoms with Crippen LogP contribution in [0.15, 0.2) is 36.7 Å². The zero-order valence-electron chi connectivity index (χ0n) is 6.96. The fourth-order valence-corrected chi connectivity index (χ4v) is 1.28. The molecule has 0 amide bonds. The molecule has 2 rings (SSSR count). The Balaban J connectivity index is 2.67. The first kappa shape index (κ1) is 7.10. The number of hydrogen-bond acceptors (Lipinski definition) is 1. The first-order chi connectivity index (χ1) is 5.90. The molecule has 0 aliphatic carbocycles. The van der Waals surface area contributed by atoms with Crippen LogP contribution in [-0.4, -0.2) is 7.05 Å². The van der Waals surface area contributed by atoms with Crippen molar-refractivity contribution >= 4 is 16.5 Å². The lowest BCUT2D eigenvalue weighted by atomic mass is 10.1. The van der Waals surface area contributed by atoms with Gasteiger partial charge in [-0.2, -0.15) is 0 Å². The first-order valence-electron chi connectivity index (χ1n) is 3.98. The number of nitrogens with one attached hydrogen (secondary N) is 2. The van der Waals surface area contributed by atoms with Crippen molar-refractivity contribution in [3.63, 3.8) is 0 Å². The zero-order chi connectivity index (χ0) is 8.39. The van der Waals surface area contributed by atoms with Crippen molar-refractivity contribution in [3.05, 3.63) is 36.7 Å². The predicted molar refractivity (Wildman–Crippen MR) is 50.1 cm³/mol. The summed E-state index contributed by atoms with van der Waals surface area (Å²) in [7, 11) is 1.93. The molecule has 1 heterocycles. The van der Waals surface area contributed by atoms with E-state index in [2.05, 4.69) is 34.6 Å². The Bertz CT molecular complexity index is 396. The van der Waals surface area contributed by atoms with Gasteiger partial charge in [0.1, 0.15) is 0 Å². The summed E-state index contributed by atoms with van der Waals surface area (Å²) in [5, 5.41) is 5.59. The van der Waals surface area contributed by atoms with Crippen LogP contribution in [-0.2, 0) is 0 Å². The molecule has 1 aromatic carbocycles. The van der Waals surface area contributed by atoms with Crippen LogP contribution in [0.4, 0.5) is 5.69 Å². The molecule has 2 N–H and O–H groups in total. The minimum absolute atomic E-state index is 1.15. The monoisotopic (exact) mass is 159 g/mol. The highest BCUT2D eigenvalue weighted by Crippen LogP contribution is 2.16. The average molecular weight is 159 g/mol. The van der Waals surface area contributed by atoms with E-state index in [0.717, 1.165) is 5.69 Å². The van der Waals surface area contributed by atoms with E-state index in [9.17, 15) is 0 Å². The van der Waals surface area contributed by atoms with Gasteiger partial charge in [-0.3, -0.25) is 0 Å². The number of H-pyrrole nitrogens is 1. The lowest BCUT2D eigenvalue weighted by molar-refractivity contribution is -0.375. The van der Waals surface area contributed by atoms with Gasteiger partial charge >= 0.3 is 0 Å². The van der Waals surface area contributed by atoms with Gasteiger partial charge in [0.25, 0.3) is 0 Å². The number of pyridine rings is 1. The molecular weight excluding hydrogens is 148 g/mol. The van der Waals surface area contributed by atoms with Gasteiger partial charge in [0.05, 0.1) is 0 Å². The van der Waals surface area contributed by atoms with Crippen LogP contribution in [0.3, 0.4) is 0 Å². The molecule has 12 heavy (non-hydrogen) atoms. The third-order valence-electron chi connectivity index (χ3n) is 1.97. The van der Waals surface area contributed by atoms with Crippen molar-refractivity contribution in [2.75, 3.05) is 12.4 Å². The van der Waals surface area contributed by atoms with E-state index in [-0.39, 0.29) is 0 Å². The summed E-state index contributed by atoms with van der Waals surface area (Å²) >= 11 is 0. The maximum atomic E-state index is 3.11. The fraction of sp³-hybridized carbons (Fsp3) is 0.100. The summed E-state index contributed by atoms with van der Waals surface area (Å²) in [4.78, 5) is 3.05. The van der Waals surface area contributed by atoms with Crippen LogP contribution in [0.1, 0.15) is 0 Å². The average Bonchev–Trinajstić information content (AvgIpc) is 2.17. The highest BCUT2D eigenvalue weighted by Gasteiger charge is 1.95. The van der Waals surface area contributed by atoms with Gasteiger partial charge in [0.2, 0.25) is 0 Å². The number of rotatable bonds is 1. The Morgan fingerprint density at radius 2 is 2.08 bits per heavy atom. The molecule has 2 heteroatoms. The molecule has 0 saturated heterocycles. The van der Waals surface area contributed by atoms with E-state index in [1.54, 1.807) is 0 Å². The van der Waals surface area contributed by atoms with Gasteiger partial charge in [-0.25, -0.2) is 4.98 Å². The molecule has 0 aliphatic rings. The van der Waals surface area contributed by atoms with Gasteiger partial charge < -0.3 is 5.32 Å². The smallest absolute Gasteiger partial charge is 0.174 e. The number of fused-ring (bicyclic) bond motifs is 1. The first-order valence-corrected chi connectivity index (χ1v) is 3.98. The molecule has 0 atom stereocenters. The van der Waals surface area contributed by atoms with Crippen molar-refractivity contribution in [1.29, 1.82) is 0 Å². The normalized spacial score (nSPS) is 10.1. The minimum Gasteiger partial charge on any atom is -0.388 e. The predicted octanol–water partition coefficient (Wildman–Crippen LogP) is 1.70. The third kappa shape index (κ3) is 1.11. The Kier molecular flexibility index (Phi) is 1.67. The van der Waals surface area contributed by atoms with Gasteiger partial charge in [-0.15, -0.1) is 0 Å². The van der Waals surface area contributed by atoms with Crippen molar-refractivity contribution in [3.8, 4) is 0 Å². The van der Waals surface area contributed by atoms with E-state index < -0.39 is 0 Å². The second kappa shape index (κ2) is 2.81. The molecule has 0 fully saturated rings. The molecular formula is C10H11N2+. The lowest BCUT2D eigenvalue weighted by Gasteiger charge is -1.99. The van der Waals surface area contributed by atoms with Gasteiger partial charge in [0.15, 0.2) is 12.4 Å².